The van der Waals surface area contributed by atoms with Crippen LogP contribution in [0.2, 0.25) is 0 Å². The molecule has 0 radical (unpaired) electrons. The van der Waals surface area contributed by atoms with Crippen LogP contribution in [-0.2, 0) is 11.2 Å². The fourth-order valence-electron chi connectivity index (χ4n) is 1.27. The van der Waals surface area contributed by atoms with Crippen molar-refractivity contribution in [2.45, 2.75) is 18.8 Å². The summed E-state index contributed by atoms with van der Waals surface area (Å²) in [6.45, 7) is 0. The Hall–Kier alpha value is -0.850. The number of methoxy groups -OCH3 is 1. The molecule has 0 aliphatic rings. The van der Waals surface area contributed by atoms with Crippen molar-refractivity contribution in [2.75, 3.05) is 7.11 Å². The molecule has 0 aliphatic carbocycles. The van der Waals surface area contributed by atoms with Crippen molar-refractivity contribution < 1.29 is 9.13 Å². The molecule has 0 heterocycles. The van der Waals surface area contributed by atoms with Gasteiger partial charge in [0.1, 0.15) is 0 Å². The first kappa shape index (κ1) is 13.2. The van der Waals surface area contributed by atoms with Crippen molar-refractivity contribution in [3.63, 3.8) is 0 Å². The number of hydrogen-bond donors (Lipinski definition) is 0. The van der Waals surface area contributed by atoms with E-state index in [2.05, 4.69) is 37.4 Å². The number of alkyl halides is 1. The largest absolute Gasteiger partial charge is 0.351 e. The number of hydrogen-bond acceptors (Lipinski definition) is 2. The highest BCUT2D eigenvalue weighted by Crippen LogP contribution is 2.14. The Bertz CT molecular complexity index is 378. The van der Waals surface area contributed by atoms with Gasteiger partial charge in [-0.05, 0) is 52.2 Å². The second-order valence-corrected chi connectivity index (χ2v) is 4.44. The molecule has 0 spiro atoms. The predicted molar refractivity (Wildman–Crippen MR) is 67.7 cm³/mol. The van der Waals surface area contributed by atoms with E-state index in [1.54, 1.807) is 0 Å². The van der Waals surface area contributed by atoms with Gasteiger partial charge < -0.3 is 4.74 Å². The Labute approximate surface area is 107 Å². The molecule has 1 aromatic carbocycles. The standard InChI is InChI=1S/C10H11FIN3O/c1-16-10(11)9(14-15-13)6-7-2-4-8(12)5-3-7/h2-5,9-10H,6H2,1H3. The Morgan fingerprint density at radius 3 is 2.62 bits per heavy atom. The lowest BCUT2D eigenvalue weighted by molar-refractivity contribution is -0.0232. The summed E-state index contributed by atoms with van der Waals surface area (Å²) >= 11 is 2.19. The predicted octanol–water partition coefficient (Wildman–Crippen LogP) is 3.45. The molecule has 6 heteroatoms. The van der Waals surface area contributed by atoms with Crippen molar-refractivity contribution in [3.05, 3.63) is 43.8 Å². The monoisotopic (exact) mass is 335 g/mol. The zero-order valence-electron chi connectivity index (χ0n) is 8.68. The maximum Gasteiger partial charge on any atom is 0.207 e. The molecule has 16 heavy (non-hydrogen) atoms. The second-order valence-electron chi connectivity index (χ2n) is 3.19. The Morgan fingerprint density at radius 2 is 2.12 bits per heavy atom. The number of benzene rings is 1. The molecule has 86 valence electrons. The van der Waals surface area contributed by atoms with Gasteiger partial charge in [0.25, 0.3) is 0 Å². The molecule has 0 fully saturated rings. The number of nitrogens with zero attached hydrogens (tertiary/aromatic N) is 3. The number of halogens is 2. The van der Waals surface area contributed by atoms with E-state index < -0.39 is 12.4 Å². The van der Waals surface area contributed by atoms with E-state index in [1.807, 2.05) is 24.3 Å². The van der Waals surface area contributed by atoms with Gasteiger partial charge in [-0.2, -0.15) is 0 Å². The van der Waals surface area contributed by atoms with Crippen LogP contribution in [0.25, 0.3) is 10.4 Å². The summed E-state index contributed by atoms with van der Waals surface area (Å²) in [5, 5.41) is 3.39. The molecule has 0 saturated heterocycles. The molecule has 2 atom stereocenters. The molecule has 2 unspecified atom stereocenters. The average molecular weight is 335 g/mol. The van der Waals surface area contributed by atoms with Crippen LogP contribution >= 0.6 is 22.6 Å². The first-order valence-corrected chi connectivity index (χ1v) is 5.70. The third kappa shape index (κ3) is 3.96. The molecule has 4 nitrogen and oxygen atoms in total. The molecule has 0 amide bonds. The quantitative estimate of drug-likeness (QED) is 0.352. The van der Waals surface area contributed by atoms with Crippen molar-refractivity contribution in [2.24, 2.45) is 5.11 Å². The number of azide groups is 1. The lowest BCUT2D eigenvalue weighted by atomic mass is 10.1. The van der Waals surface area contributed by atoms with Crippen LogP contribution in [0, 0.1) is 3.57 Å². The van der Waals surface area contributed by atoms with E-state index in [0.717, 1.165) is 9.13 Å². The van der Waals surface area contributed by atoms with Gasteiger partial charge in [0, 0.05) is 15.6 Å². The third-order valence-electron chi connectivity index (χ3n) is 2.09. The lowest BCUT2D eigenvalue weighted by Crippen LogP contribution is -2.23. The summed E-state index contributed by atoms with van der Waals surface area (Å²) in [6.07, 6.45) is -1.24. The van der Waals surface area contributed by atoms with Gasteiger partial charge in [0.15, 0.2) is 0 Å². The Morgan fingerprint density at radius 1 is 1.50 bits per heavy atom. The topological polar surface area (TPSA) is 58.0 Å². The van der Waals surface area contributed by atoms with Crippen LogP contribution in [0.3, 0.4) is 0 Å². The van der Waals surface area contributed by atoms with Crippen LogP contribution in [0.15, 0.2) is 29.4 Å². The lowest BCUT2D eigenvalue weighted by Gasteiger charge is -2.14. The summed E-state index contributed by atoms with van der Waals surface area (Å²) in [5.41, 5.74) is 9.25. The smallest absolute Gasteiger partial charge is 0.207 e. The minimum absolute atomic E-state index is 0.329. The van der Waals surface area contributed by atoms with Crippen LogP contribution in [-0.4, -0.2) is 19.5 Å². The molecule has 0 N–H and O–H groups in total. The maximum absolute atomic E-state index is 13.3. The van der Waals surface area contributed by atoms with Crippen molar-refractivity contribution >= 4 is 22.6 Å². The summed E-state index contributed by atoms with van der Waals surface area (Å²) in [5.74, 6) is 0. The molecule has 0 bridgehead atoms. The van der Waals surface area contributed by atoms with Gasteiger partial charge in [-0.25, -0.2) is 4.39 Å². The normalized spacial score (nSPS) is 13.9. The van der Waals surface area contributed by atoms with Gasteiger partial charge in [0.05, 0.1) is 6.04 Å². The minimum atomic E-state index is -1.57. The minimum Gasteiger partial charge on any atom is -0.351 e. The fraction of sp³-hybridized carbons (Fsp3) is 0.400. The zero-order chi connectivity index (χ0) is 12.0. The summed E-state index contributed by atoms with van der Waals surface area (Å²) in [7, 11) is 1.25. The molecule has 0 saturated carbocycles. The molecule has 0 aliphatic heterocycles. The average Bonchev–Trinajstić information content (AvgIpc) is 2.30. The number of ether oxygens (including phenoxy) is 1. The maximum atomic E-state index is 13.3. The van der Waals surface area contributed by atoms with Crippen LogP contribution in [0.1, 0.15) is 5.56 Å². The SMILES string of the molecule is COC(F)C(Cc1ccc(I)cc1)N=[N+]=[N-]. The van der Waals surface area contributed by atoms with E-state index in [0.29, 0.717) is 6.42 Å². The second kappa shape index (κ2) is 6.67. The van der Waals surface area contributed by atoms with Crippen molar-refractivity contribution in [1.82, 2.24) is 0 Å². The highest BCUT2D eigenvalue weighted by Gasteiger charge is 2.19. The number of rotatable bonds is 5. The summed E-state index contributed by atoms with van der Waals surface area (Å²) < 4.78 is 18.9. The van der Waals surface area contributed by atoms with Gasteiger partial charge in [0.2, 0.25) is 6.36 Å². The highest BCUT2D eigenvalue weighted by atomic mass is 127. The first-order valence-electron chi connectivity index (χ1n) is 4.63. The molecule has 0 aromatic heterocycles. The summed E-state index contributed by atoms with van der Waals surface area (Å²) in [4.78, 5) is 2.62. The van der Waals surface area contributed by atoms with E-state index in [1.165, 1.54) is 7.11 Å². The van der Waals surface area contributed by atoms with Crippen molar-refractivity contribution in [1.29, 1.82) is 0 Å². The van der Waals surface area contributed by atoms with E-state index in [9.17, 15) is 4.39 Å². The van der Waals surface area contributed by atoms with Gasteiger partial charge in [-0.15, -0.1) is 0 Å². The van der Waals surface area contributed by atoms with E-state index >= 15 is 0 Å². The molecular weight excluding hydrogens is 324 g/mol. The third-order valence-corrected chi connectivity index (χ3v) is 2.80. The Kier molecular flexibility index (Phi) is 5.51. The molecule has 1 rings (SSSR count). The molecule has 1 aromatic rings. The van der Waals surface area contributed by atoms with Crippen LogP contribution in [0.5, 0.6) is 0 Å². The van der Waals surface area contributed by atoms with Crippen molar-refractivity contribution in [3.8, 4) is 0 Å². The zero-order valence-corrected chi connectivity index (χ0v) is 10.8. The van der Waals surface area contributed by atoms with E-state index in [-0.39, 0.29) is 0 Å². The highest BCUT2D eigenvalue weighted by molar-refractivity contribution is 14.1. The molecular formula is C10H11FIN3O. The van der Waals surface area contributed by atoms with Crippen LogP contribution in [0.4, 0.5) is 4.39 Å². The van der Waals surface area contributed by atoms with Gasteiger partial charge in [-0.1, -0.05) is 17.2 Å². The van der Waals surface area contributed by atoms with Gasteiger partial charge >= 0.3 is 0 Å². The summed E-state index contributed by atoms with van der Waals surface area (Å²) in [6, 6.07) is 6.77. The first-order chi connectivity index (χ1) is 7.67. The fourth-order valence-corrected chi connectivity index (χ4v) is 1.63. The van der Waals surface area contributed by atoms with E-state index in [4.69, 9.17) is 5.53 Å². The van der Waals surface area contributed by atoms with Gasteiger partial charge in [-0.3, -0.25) is 0 Å². The van der Waals surface area contributed by atoms with Crippen LogP contribution < -0.4 is 0 Å². The Balaban J connectivity index is 2.75.